The van der Waals surface area contributed by atoms with Crippen LogP contribution >= 0.6 is 11.6 Å². The molecule has 1 aromatic carbocycles. The first-order chi connectivity index (χ1) is 8.20. The molecule has 0 aliphatic carbocycles. The molecular formula is C12H12ClF3O2. The van der Waals surface area contributed by atoms with Gasteiger partial charge >= 0.3 is 12.1 Å². The minimum atomic E-state index is -4.68. The van der Waals surface area contributed by atoms with E-state index in [0.29, 0.717) is 10.6 Å². The Kier molecular flexibility index (Phi) is 4.27. The SMILES string of the molecule is COC(=O)[C@@](C)(Cc1ccc(Cl)cc1)C(F)(F)F. The maximum Gasteiger partial charge on any atom is 0.404 e. The Morgan fingerprint density at radius 2 is 1.78 bits per heavy atom. The predicted molar refractivity (Wildman–Crippen MR) is 61.3 cm³/mol. The number of hydrogen-bond donors (Lipinski definition) is 0. The van der Waals surface area contributed by atoms with Gasteiger partial charge in [-0.1, -0.05) is 23.7 Å². The van der Waals surface area contributed by atoms with Gasteiger partial charge in [0.1, 0.15) is 0 Å². The number of ether oxygens (including phenoxy) is 1. The largest absolute Gasteiger partial charge is 0.468 e. The molecule has 0 radical (unpaired) electrons. The van der Waals surface area contributed by atoms with Crippen molar-refractivity contribution in [2.75, 3.05) is 7.11 Å². The highest BCUT2D eigenvalue weighted by atomic mass is 35.5. The number of methoxy groups -OCH3 is 1. The smallest absolute Gasteiger partial charge is 0.404 e. The van der Waals surface area contributed by atoms with Crippen LogP contribution in [0.1, 0.15) is 12.5 Å². The Balaban J connectivity index is 3.07. The highest BCUT2D eigenvalue weighted by molar-refractivity contribution is 6.30. The van der Waals surface area contributed by atoms with Crippen LogP contribution in [0.3, 0.4) is 0 Å². The van der Waals surface area contributed by atoms with Gasteiger partial charge in [0.25, 0.3) is 0 Å². The first-order valence-electron chi connectivity index (χ1n) is 5.10. The lowest BCUT2D eigenvalue weighted by atomic mass is 9.83. The van der Waals surface area contributed by atoms with E-state index in [-0.39, 0.29) is 0 Å². The van der Waals surface area contributed by atoms with Crippen molar-refractivity contribution in [2.45, 2.75) is 19.5 Å². The lowest BCUT2D eigenvalue weighted by Crippen LogP contribution is -2.45. The average Bonchev–Trinajstić information content (AvgIpc) is 2.29. The summed E-state index contributed by atoms with van der Waals surface area (Å²) >= 11 is 5.65. The normalized spacial score (nSPS) is 15.0. The third-order valence-electron chi connectivity index (χ3n) is 2.73. The van der Waals surface area contributed by atoms with Gasteiger partial charge in [-0.3, -0.25) is 4.79 Å². The molecule has 0 heterocycles. The zero-order valence-corrected chi connectivity index (χ0v) is 10.6. The van der Waals surface area contributed by atoms with Crippen LogP contribution in [-0.2, 0) is 16.0 Å². The minimum Gasteiger partial charge on any atom is -0.468 e. The van der Waals surface area contributed by atoms with Gasteiger partial charge in [0, 0.05) is 5.02 Å². The molecule has 0 aromatic heterocycles. The van der Waals surface area contributed by atoms with Crippen molar-refractivity contribution >= 4 is 17.6 Å². The van der Waals surface area contributed by atoms with Crippen molar-refractivity contribution in [3.05, 3.63) is 34.9 Å². The monoisotopic (exact) mass is 280 g/mol. The van der Waals surface area contributed by atoms with Gasteiger partial charge < -0.3 is 4.74 Å². The molecule has 1 rings (SSSR count). The van der Waals surface area contributed by atoms with Crippen molar-refractivity contribution in [1.29, 1.82) is 0 Å². The van der Waals surface area contributed by atoms with Gasteiger partial charge in [0.05, 0.1) is 7.11 Å². The van der Waals surface area contributed by atoms with E-state index >= 15 is 0 Å². The molecule has 0 unspecified atom stereocenters. The second-order valence-electron chi connectivity index (χ2n) is 4.12. The van der Waals surface area contributed by atoms with Crippen LogP contribution in [0.25, 0.3) is 0 Å². The van der Waals surface area contributed by atoms with Gasteiger partial charge in [-0.05, 0) is 31.0 Å². The van der Waals surface area contributed by atoms with Crippen LogP contribution in [0, 0.1) is 5.41 Å². The Hall–Kier alpha value is -1.23. The van der Waals surface area contributed by atoms with E-state index in [4.69, 9.17) is 11.6 Å². The Morgan fingerprint density at radius 1 is 1.28 bits per heavy atom. The first kappa shape index (κ1) is 14.8. The fourth-order valence-electron chi connectivity index (χ4n) is 1.52. The molecule has 6 heteroatoms. The van der Waals surface area contributed by atoms with Gasteiger partial charge in [-0.15, -0.1) is 0 Å². The molecule has 0 saturated heterocycles. The molecule has 100 valence electrons. The average molecular weight is 281 g/mol. The van der Waals surface area contributed by atoms with Crippen LogP contribution in [-0.4, -0.2) is 19.3 Å². The summed E-state index contributed by atoms with van der Waals surface area (Å²) in [4.78, 5) is 11.4. The molecular weight excluding hydrogens is 269 g/mol. The number of rotatable bonds is 3. The summed E-state index contributed by atoms with van der Waals surface area (Å²) < 4.78 is 43.2. The molecule has 2 nitrogen and oxygen atoms in total. The van der Waals surface area contributed by atoms with Crippen molar-refractivity contribution in [2.24, 2.45) is 5.41 Å². The van der Waals surface area contributed by atoms with Gasteiger partial charge in [0.2, 0.25) is 0 Å². The summed E-state index contributed by atoms with van der Waals surface area (Å²) in [5.74, 6) is -1.30. The number of esters is 1. The molecule has 0 N–H and O–H groups in total. The molecule has 0 aliphatic heterocycles. The third-order valence-corrected chi connectivity index (χ3v) is 2.98. The molecule has 0 spiro atoms. The Labute approximate surface area is 108 Å². The van der Waals surface area contributed by atoms with Crippen molar-refractivity contribution in [3.8, 4) is 0 Å². The summed E-state index contributed by atoms with van der Waals surface area (Å²) in [7, 11) is 0.939. The maximum absolute atomic E-state index is 13.0. The molecule has 0 bridgehead atoms. The van der Waals surface area contributed by atoms with Crippen LogP contribution in [0.15, 0.2) is 24.3 Å². The van der Waals surface area contributed by atoms with Crippen molar-refractivity contribution in [3.63, 3.8) is 0 Å². The minimum absolute atomic E-state index is 0.365. The molecule has 0 saturated carbocycles. The number of benzene rings is 1. The summed E-state index contributed by atoms with van der Waals surface area (Å²) in [6, 6.07) is 5.86. The Bertz CT molecular complexity index is 428. The van der Waals surface area contributed by atoms with E-state index in [2.05, 4.69) is 4.74 Å². The number of alkyl halides is 3. The molecule has 0 amide bonds. The van der Waals surface area contributed by atoms with Gasteiger partial charge in [-0.25, -0.2) is 0 Å². The van der Waals surface area contributed by atoms with Crippen molar-refractivity contribution in [1.82, 2.24) is 0 Å². The second kappa shape index (κ2) is 5.18. The summed E-state index contributed by atoms with van der Waals surface area (Å²) in [5.41, 5.74) is -2.19. The zero-order chi connectivity index (χ0) is 14.0. The van der Waals surface area contributed by atoms with E-state index < -0.39 is 24.0 Å². The number of hydrogen-bond acceptors (Lipinski definition) is 2. The summed E-state index contributed by atoms with van der Waals surface area (Å²) in [6.45, 7) is 0.827. The first-order valence-corrected chi connectivity index (χ1v) is 5.48. The lowest BCUT2D eigenvalue weighted by Gasteiger charge is -2.29. The quantitative estimate of drug-likeness (QED) is 0.791. The fraction of sp³-hybridized carbons (Fsp3) is 0.417. The highest BCUT2D eigenvalue weighted by Gasteiger charge is 2.57. The topological polar surface area (TPSA) is 26.3 Å². The standard InChI is InChI=1S/C12H12ClF3O2/c1-11(10(17)18-2,12(14,15)16)7-8-3-5-9(13)6-4-8/h3-6H,7H2,1-2H3/t11-/m1/s1. The predicted octanol–water partition coefficient (Wildman–Crippen LogP) is 3.62. The van der Waals surface area contributed by atoms with E-state index in [1.54, 1.807) is 0 Å². The number of halogens is 4. The molecule has 1 aromatic rings. The second-order valence-corrected chi connectivity index (χ2v) is 4.56. The lowest BCUT2D eigenvalue weighted by molar-refractivity contribution is -0.228. The van der Waals surface area contributed by atoms with Crippen LogP contribution < -0.4 is 0 Å². The van der Waals surface area contributed by atoms with Gasteiger partial charge in [0.15, 0.2) is 5.41 Å². The van der Waals surface area contributed by atoms with Gasteiger partial charge in [-0.2, -0.15) is 13.2 Å². The molecule has 1 atom stereocenters. The molecule has 0 fully saturated rings. The van der Waals surface area contributed by atoms with E-state index in [9.17, 15) is 18.0 Å². The van der Waals surface area contributed by atoms with Crippen LogP contribution in [0.4, 0.5) is 13.2 Å². The number of carbonyl (C=O) groups excluding carboxylic acids is 1. The summed E-state index contributed by atoms with van der Waals surface area (Å²) in [5, 5.41) is 0.422. The zero-order valence-electron chi connectivity index (χ0n) is 9.84. The van der Waals surface area contributed by atoms with E-state index in [0.717, 1.165) is 14.0 Å². The Morgan fingerprint density at radius 3 is 2.17 bits per heavy atom. The summed E-state index contributed by atoms with van der Waals surface area (Å²) in [6.07, 6.45) is -5.17. The van der Waals surface area contributed by atoms with Crippen LogP contribution in [0.2, 0.25) is 5.02 Å². The highest BCUT2D eigenvalue weighted by Crippen LogP contribution is 2.41. The van der Waals surface area contributed by atoms with E-state index in [1.165, 1.54) is 24.3 Å². The molecule has 0 aliphatic rings. The fourth-order valence-corrected chi connectivity index (χ4v) is 1.65. The molecule has 18 heavy (non-hydrogen) atoms. The number of carbonyl (C=O) groups is 1. The van der Waals surface area contributed by atoms with Crippen molar-refractivity contribution < 1.29 is 22.7 Å². The van der Waals surface area contributed by atoms with Crippen LogP contribution in [0.5, 0.6) is 0 Å². The third kappa shape index (κ3) is 2.96. The maximum atomic E-state index is 13.0. The van der Waals surface area contributed by atoms with E-state index in [1.807, 2.05) is 0 Å².